The molecule has 0 aromatic carbocycles. The Morgan fingerprint density at radius 2 is 2.18 bits per heavy atom. The third kappa shape index (κ3) is 1.98. The van der Waals surface area contributed by atoms with E-state index in [1.54, 1.807) is 0 Å². The maximum Gasteiger partial charge on any atom is 0.133 e. The smallest absolute Gasteiger partial charge is 0.133 e. The summed E-state index contributed by atoms with van der Waals surface area (Å²) in [6.45, 7) is 2.13. The summed E-state index contributed by atoms with van der Waals surface area (Å²) in [6, 6.07) is 3.86. The molecule has 2 aromatic heterocycles. The second-order valence-corrected chi connectivity index (χ2v) is 5.52. The molecule has 3 nitrogen and oxygen atoms in total. The molecule has 17 heavy (non-hydrogen) atoms. The Morgan fingerprint density at radius 1 is 1.41 bits per heavy atom. The Balaban J connectivity index is 2.13. The van der Waals surface area contributed by atoms with E-state index >= 15 is 0 Å². The molecule has 0 unspecified atom stereocenters. The van der Waals surface area contributed by atoms with Crippen molar-refractivity contribution in [2.24, 2.45) is 0 Å². The Kier molecular flexibility index (Phi) is 3.11. The number of nitrogens with one attached hydrogen (secondary N) is 1. The van der Waals surface area contributed by atoms with Crippen molar-refractivity contribution in [1.82, 2.24) is 14.7 Å². The van der Waals surface area contributed by atoms with Gasteiger partial charge in [0.05, 0.1) is 10.5 Å². The molecule has 2 aromatic rings. The molecule has 90 valence electrons. The van der Waals surface area contributed by atoms with Gasteiger partial charge in [0, 0.05) is 12.1 Å². The number of pyridine rings is 1. The van der Waals surface area contributed by atoms with Crippen LogP contribution in [-0.4, -0.2) is 22.5 Å². The summed E-state index contributed by atoms with van der Waals surface area (Å²) in [5.41, 5.74) is 0.975. The van der Waals surface area contributed by atoms with E-state index in [4.69, 9.17) is 11.6 Å². The Hall–Kier alpha value is -0.580. The van der Waals surface area contributed by atoms with E-state index in [2.05, 4.69) is 30.6 Å². The summed E-state index contributed by atoms with van der Waals surface area (Å²) in [5, 5.41) is 4.12. The van der Waals surface area contributed by atoms with Gasteiger partial charge in [0.15, 0.2) is 0 Å². The van der Waals surface area contributed by atoms with Gasteiger partial charge in [0.1, 0.15) is 10.4 Å². The molecule has 0 aliphatic carbocycles. The topological polar surface area (TPSA) is 29.3 Å². The monoisotopic (exact) mass is 313 g/mol. The molecule has 0 radical (unpaired) electrons. The van der Waals surface area contributed by atoms with Crippen LogP contribution in [0.4, 0.5) is 0 Å². The Labute approximate surface area is 113 Å². The zero-order chi connectivity index (χ0) is 11.8. The van der Waals surface area contributed by atoms with Gasteiger partial charge in [-0.25, -0.2) is 4.98 Å². The van der Waals surface area contributed by atoms with Gasteiger partial charge < -0.3 is 9.72 Å². The average Bonchev–Trinajstić information content (AvgIpc) is 2.69. The third-order valence-electron chi connectivity index (χ3n) is 3.30. The van der Waals surface area contributed by atoms with E-state index in [1.165, 1.54) is 0 Å². The number of imidazole rings is 1. The fourth-order valence-electron chi connectivity index (χ4n) is 2.45. The molecule has 5 heteroatoms. The van der Waals surface area contributed by atoms with Crippen molar-refractivity contribution in [2.75, 3.05) is 13.1 Å². The van der Waals surface area contributed by atoms with Gasteiger partial charge in [0.25, 0.3) is 0 Å². The number of fused-ring (bicyclic) bond motifs is 1. The molecule has 3 heterocycles. The zero-order valence-electron chi connectivity index (χ0n) is 9.29. The zero-order valence-corrected chi connectivity index (χ0v) is 11.6. The van der Waals surface area contributed by atoms with Gasteiger partial charge >= 0.3 is 0 Å². The Morgan fingerprint density at radius 3 is 2.94 bits per heavy atom. The summed E-state index contributed by atoms with van der Waals surface area (Å²) in [7, 11) is 0. The average molecular weight is 315 g/mol. The lowest BCUT2D eigenvalue weighted by Crippen LogP contribution is -2.27. The molecule has 0 atom stereocenters. The number of hydrogen-bond acceptors (Lipinski definition) is 2. The first-order chi connectivity index (χ1) is 8.27. The number of piperidine rings is 1. The van der Waals surface area contributed by atoms with Crippen molar-refractivity contribution in [2.45, 2.75) is 18.8 Å². The molecular formula is C12H13BrClN3. The van der Waals surface area contributed by atoms with Crippen molar-refractivity contribution in [3.8, 4) is 0 Å². The highest BCUT2D eigenvalue weighted by Gasteiger charge is 2.22. The first-order valence-corrected chi connectivity index (χ1v) is 6.97. The number of hydrogen-bond donors (Lipinski definition) is 1. The van der Waals surface area contributed by atoms with E-state index in [-0.39, 0.29) is 0 Å². The molecule has 3 rings (SSSR count). The van der Waals surface area contributed by atoms with Crippen LogP contribution < -0.4 is 5.32 Å². The van der Waals surface area contributed by atoms with Crippen LogP contribution in [0.1, 0.15) is 24.6 Å². The molecular weight excluding hydrogens is 302 g/mol. The molecule has 0 spiro atoms. The van der Waals surface area contributed by atoms with Gasteiger partial charge in [-0.05, 0) is 54.0 Å². The van der Waals surface area contributed by atoms with Crippen molar-refractivity contribution >= 4 is 33.0 Å². The molecule has 0 saturated carbocycles. The van der Waals surface area contributed by atoms with Crippen LogP contribution in [0, 0.1) is 0 Å². The summed E-state index contributed by atoms with van der Waals surface area (Å²) in [5.74, 6) is 1.64. The Bertz CT molecular complexity index is 546. The van der Waals surface area contributed by atoms with Crippen LogP contribution in [0.2, 0.25) is 5.02 Å². The number of nitrogens with zero attached hydrogens (tertiary/aromatic N) is 2. The number of aromatic nitrogens is 2. The highest BCUT2D eigenvalue weighted by molar-refractivity contribution is 9.10. The summed E-state index contributed by atoms with van der Waals surface area (Å²) in [4.78, 5) is 4.64. The minimum absolute atomic E-state index is 0.522. The standard InChI is InChI=1S/C12H13BrClN3/c13-11-10-9(14)2-1-7-17(10)12(16-11)8-3-5-15-6-4-8/h1-2,7-8,15H,3-6H2. The van der Waals surface area contributed by atoms with Crippen LogP contribution in [0.25, 0.3) is 5.52 Å². The van der Waals surface area contributed by atoms with Crippen molar-refractivity contribution in [3.63, 3.8) is 0 Å². The molecule has 0 amide bonds. The van der Waals surface area contributed by atoms with E-state index in [1.807, 2.05) is 18.3 Å². The summed E-state index contributed by atoms with van der Waals surface area (Å²) < 4.78 is 2.96. The summed E-state index contributed by atoms with van der Waals surface area (Å²) in [6.07, 6.45) is 4.31. The lowest BCUT2D eigenvalue weighted by molar-refractivity contribution is 0.444. The fraction of sp³-hybridized carbons (Fsp3) is 0.417. The number of rotatable bonds is 1. The second kappa shape index (κ2) is 4.59. The van der Waals surface area contributed by atoms with Crippen LogP contribution in [0.15, 0.2) is 22.9 Å². The van der Waals surface area contributed by atoms with E-state index in [9.17, 15) is 0 Å². The molecule has 0 bridgehead atoms. The highest BCUT2D eigenvalue weighted by atomic mass is 79.9. The maximum absolute atomic E-state index is 6.21. The van der Waals surface area contributed by atoms with Gasteiger partial charge in [0.2, 0.25) is 0 Å². The predicted molar refractivity (Wildman–Crippen MR) is 72.7 cm³/mol. The molecule has 1 saturated heterocycles. The molecule has 1 aliphatic heterocycles. The van der Waals surface area contributed by atoms with E-state index in [0.717, 1.165) is 46.9 Å². The quantitative estimate of drug-likeness (QED) is 0.876. The first-order valence-electron chi connectivity index (χ1n) is 5.80. The second-order valence-electron chi connectivity index (χ2n) is 4.36. The highest BCUT2D eigenvalue weighted by Crippen LogP contribution is 2.31. The van der Waals surface area contributed by atoms with Crippen LogP contribution in [0.3, 0.4) is 0 Å². The predicted octanol–water partition coefficient (Wildman–Crippen LogP) is 3.22. The normalized spacial score (nSPS) is 17.8. The van der Waals surface area contributed by atoms with Gasteiger partial charge in [-0.1, -0.05) is 11.6 Å². The SMILES string of the molecule is Clc1cccn2c(C3CCNCC3)nc(Br)c12. The molecule has 1 N–H and O–H groups in total. The molecule has 1 fully saturated rings. The van der Waals surface area contributed by atoms with E-state index in [0.29, 0.717) is 5.92 Å². The minimum atomic E-state index is 0.522. The lowest BCUT2D eigenvalue weighted by atomic mass is 9.97. The van der Waals surface area contributed by atoms with Crippen molar-refractivity contribution in [1.29, 1.82) is 0 Å². The minimum Gasteiger partial charge on any atom is -0.317 e. The largest absolute Gasteiger partial charge is 0.317 e. The van der Waals surface area contributed by atoms with Crippen LogP contribution >= 0.6 is 27.5 Å². The van der Waals surface area contributed by atoms with Crippen LogP contribution in [0.5, 0.6) is 0 Å². The first kappa shape index (κ1) is 11.5. The summed E-state index contributed by atoms with van der Waals surface area (Å²) >= 11 is 9.71. The van der Waals surface area contributed by atoms with Crippen LogP contribution in [-0.2, 0) is 0 Å². The third-order valence-corrected chi connectivity index (χ3v) is 4.16. The fourth-order valence-corrected chi connectivity index (χ4v) is 3.40. The number of halogens is 2. The molecule has 1 aliphatic rings. The van der Waals surface area contributed by atoms with Crippen molar-refractivity contribution in [3.05, 3.63) is 33.8 Å². The van der Waals surface area contributed by atoms with E-state index < -0.39 is 0 Å². The van der Waals surface area contributed by atoms with Gasteiger partial charge in [-0.2, -0.15) is 0 Å². The van der Waals surface area contributed by atoms with Gasteiger partial charge in [-0.15, -0.1) is 0 Å². The maximum atomic E-state index is 6.21. The lowest BCUT2D eigenvalue weighted by Gasteiger charge is -2.21. The van der Waals surface area contributed by atoms with Gasteiger partial charge in [-0.3, -0.25) is 0 Å². The van der Waals surface area contributed by atoms with Crippen molar-refractivity contribution < 1.29 is 0 Å².